The summed E-state index contributed by atoms with van der Waals surface area (Å²) in [6.07, 6.45) is 7.56. The minimum Gasteiger partial charge on any atom is -0.464 e. The highest BCUT2D eigenvalue weighted by molar-refractivity contribution is 5.99. The molecule has 7 heteroatoms. The molecule has 1 N–H and O–H groups in total. The first kappa shape index (κ1) is 21.6. The van der Waals surface area contributed by atoms with Crippen LogP contribution in [0.3, 0.4) is 0 Å². The van der Waals surface area contributed by atoms with E-state index in [9.17, 15) is 14.4 Å². The Kier molecular flexibility index (Phi) is 6.92. The van der Waals surface area contributed by atoms with Crippen molar-refractivity contribution in [1.29, 1.82) is 0 Å². The predicted molar refractivity (Wildman–Crippen MR) is 115 cm³/mol. The van der Waals surface area contributed by atoms with Gasteiger partial charge in [-0.1, -0.05) is 13.0 Å². The number of furan rings is 1. The molecule has 1 aliphatic carbocycles. The zero-order valence-electron chi connectivity index (χ0n) is 17.6. The van der Waals surface area contributed by atoms with Crippen LogP contribution in [0.4, 0.5) is 0 Å². The summed E-state index contributed by atoms with van der Waals surface area (Å²) in [4.78, 5) is 40.6. The fourth-order valence-electron chi connectivity index (χ4n) is 3.37. The van der Waals surface area contributed by atoms with E-state index in [1.165, 1.54) is 18.5 Å². The number of aryl methyl sites for hydroxylation is 1. The average Bonchev–Trinajstić information content (AvgIpc) is 3.45. The standard InChI is InChI=1S/C23H29N3O4/c1-4-10-24-22(28)19-14-25(13-18-9-6-16(3)30-18)15-20(21(19)27)23(29)26(11-5-2)12-17-7-8-17/h4,6,9,14-15,17H,1,5,7-8,10-13H2,2-3H3,(H,24,28). The second-order valence-corrected chi connectivity index (χ2v) is 7.79. The van der Waals surface area contributed by atoms with Crippen molar-refractivity contribution in [3.8, 4) is 0 Å². The fraction of sp³-hybridized carbons (Fsp3) is 0.435. The van der Waals surface area contributed by atoms with Crippen LogP contribution < -0.4 is 10.7 Å². The van der Waals surface area contributed by atoms with Crippen LogP contribution in [-0.2, 0) is 6.54 Å². The Balaban J connectivity index is 1.99. The maximum atomic E-state index is 13.3. The summed E-state index contributed by atoms with van der Waals surface area (Å²) in [7, 11) is 0. The summed E-state index contributed by atoms with van der Waals surface area (Å²) < 4.78 is 7.29. The fourth-order valence-corrected chi connectivity index (χ4v) is 3.37. The van der Waals surface area contributed by atoms with Gasteiger partial charge in [0.15, 0.2) is 0 Å². The van der Waals surface area contributed by atoms with Gasteiger partial charge in [0.25, 0.3) is 11.8 Å². The molecule has 3 rings (SSSR count). The largest absolute Gasteiger partial charge is 0.464 e. The molecule has 0 aromatic carbocycles. The highest BCUT2D eigenvalue weighted by Crippen LogP contribution is 2.30. The molecule has 1 fully saturated rings. The Labute approximate surface area is 176 Å². The lowest BCUT2D eigenvalue weighted by Gasteiger charge is -2.22. The molecule has 2 heterocycles. The highest BCUT2D eigenvalue weighted by atomic mass is 16.3. The van der Waals surface area contributed by atoms with Crippen LogP contribution in [0, 0.1) is 12.8 Å². The van der Waals surface area contributed by atoms with Crippen LogP contribution in [0.25, 0.3) is 0 Å². The molecule has 0 bridgehead atoms. The second-order valence-electron chi connectivity index (χ2n) is 7.79. The SMILES string of the molecule is C=CCNC(=O)c1cn(Cc2ccc(C)o2)cc(C(=O)N(CCC)CC2CC2)c1=O. The Hall–Kier alpha value is -3.09. The molecular formula is C23H29N3O4. The van der Waals surface area contributed by atoms with Gasteiger partial charge in [0.2, 0.25) is 5.43 Å². The van der Waals surface area contributed by atoms with E-state index in [-0.39, 0.29) is 23.6 Å². The lowest BCUT2D eigenvalue weighted by molar-refractivity contribution is 0.0745. The molecule has 0 spiro atoms. The van der Waals surface area contributed by atoms with Crippen LogP contribution in [-0.4, -0.2) is 40.9 Å². The first-order valence-corrected chi connectivity index (χ1v) is 10.4. The number of nitrogens with one attached hydrogen (secondary N) is 1. The van der Waals surface area contributed by atoms with Crippen molar-refractivity contribution >= 4 is 11.8 Å². The molecule has 0 unspecified atom stereocenters. The van der Waals surface area contributed by atoms with Crippen LogP contribution in [0.2, 0.25) is 0 Å². The van der Waals surface area contributed by atoms with Gasteiger partial charge in [-0.05, 0) is 44.2 Å². The van der Waals surface area contributed by atoms with Gasteiger partial charge in [-0.2, -0.15) is 0 Å². The van der Waals surface area contributed by atoms with E-state index in [0.717, 1.165) is 25.0 Å². The third-order valence-electron chi connectivity index (χ3n) is 5.05. The molecule has 2 amide bonds. The molecule has 2 aromatic rings. The number of hydrogen-bond acceptors (Lipinski definition) is 4. The van der Waals surface area contributed by atoms with Gasteiger partial charge >= 0.3 is 0 Å². The van der Waals surface area contributed by atoms with Gasteiger partial charge in [-0.25, -0.2) is 0 Å². The summed E-state index contributed by atoms with van der Waals surface area (Å²) in [5, 5.41) is 2.63. The zero-order valence-corrected chi connectivity index (χ0v) is 17.6. The van der Waals surface area contributed by atoms with Crippen LogP contribution >= 0.6 is 0 Å². The number of nitrogens with zero attached hydrogens (tertiary/aromatic N) is 2. The first-order chi connectivity index (χ1) is 14.4. The molecule has 0 aliphatic heterocycles. The average molecular weight is 412 g/mol. The normalized spacial score (nSPS) is 13.1. The second kappa shape index (κ2) is 9.61. The van der Waals surface area contributed by atoms with Crippen molar-refractivity contribution in [1.82, 2.24) is 14.8 Å². The number of carbonyl (C=O) groups excluding carboxylic acids is 2. The summed E-state index contributed by atoms with van der Waals surface area (Å²) in [6, 6.07) is 3.68. The maximum Gasteiger partial charge on any atom is 0.259 e. The van der Waals surface area contributed by atoms with Crippen molar-refractivity contribution < 1.29 is 14.0 Å². The zero-order chi connectivity index (χ0) is 21.7. The van der Waals surface area contributed by atoms with Gasteiger partial charge in [0.05, 0.1) is 6.54 Å². The number of amides is 2. The topological polar surface area (TPSA) is 84.6 Å². The molecule has 1 saturated carbocycles. The Morgan fingerprint density at radius 1 is 1.30 bits per heavy atom. The van der Waals surface area contributed by atoms with E-state index in [4.69, 9.17) is 4.42 Å². The van der Waals surface area contributed by atoms with Crippen molar-refractivity contribution in [3.05, 3.63) is 70.1 Å². The van der Waals surface area contributed by atoms with Crippen LogP contribution in [0.5, 0.6) is 0 Å². The van der Waals surface area contributed by atoms with E-state index in [2.05, 4.69) is 11.9 Å². The van der Waals surface area contributed by atoms with Crippen molar-refractivity contribution in [3.63, 3.8) is 0 Å². The van der Waals surface area contributed by atoms with E-state index in [1.54, 1.807) is 9.47 Å². The first-order valence-electron chi connectivity index (χ1n) is 10.4. The third-order valence-corrected chi connectivity index (χ3v) is 5.05. The smallest absolute Gasteiger partial charge is 0.259 e. The Morgan fingerprint density at radius 3 is 2.63 bits per heavy atom. The number of hydrogen-bond donors (Lipinski definition) is 1. The highest BCUT2D eigenvalue weighted by Gasteiger charge is 2.29. The number of rotatable bonds is 10. The molecule has 0 saturated heterocycles. The van der Waals surface area contributed by atoms with Crippen molar-refractivity contribution in [2.75, 3.05) is 19.6 Å². The lowest BCUT2D eigenvalue weighted by Crippen LogP contribution is -2.39. The summed E-state index contributed by atoms with van der Waals surface area (Å²) in [5.41, 5.74) is -0.599. The lowest BCUT2D eigenvalue weighted by atomic mass is 10.1. The number of carbonyl (C=O) groups is 2. The molecule has 30 heavy (non-hydrogen) atoms. The third kappa shape index (κ3) is 5.28. The maximum absolute atomic E-state index is 13.3. The van der Waals surface area contributed by atoms with E-state index in [0.29, 0.717) is 31.3 Å². The molecular weight excluding hydrogens is 382 g/mol. The predicted octanol–water partition coefficient (Wildman–Crippen LogP) is 2.98. The molecule has 0 atom stereocenters. The number of aromatic nitrogens is 1. The van der Waals surface area contributed by atoms with Crippen LogP contribution in [0.15, 0.2) is 46.4 Å². The molecule has 0 radical (unpaired) electrons. The monoisotopic (exact) mass is 411 g/mol. The Bertz CT molecular complexity index is 985. The van der Waals surface area contributed by atoms with Crippen molar-refractivity contribution in [2.24, 2.45) is 5.92 Å². The number of pyridine rings is 1. The summed E-state index contributed by atoms with van der Waals surface area (Å²) in [6.45, 7) is 9.20. The molecule has 1 aliphatic rings. The Morgan fingerprint density at radius 2 is 2.03 bits per heavy atom. The molecule has 7 nitrogen and oxygen atoms in total. The van der Waals surface area contributed by atoms with Gasteiger partial charge in [0, 0.05) is 32.0 Å². The van der Waals surface area contributed by atoms with Gasteiger partial charge in [0.1, 0.15) is 22.6 Å². The molecule has 2 aromatic heterocycles. The van der Waals surface area contributed by atoms with E-state index < -0.39 is 11.3 Å². The van der Waals surface area contributed by atoms with Crippen molar-refractivity contribution in [2.45, 2.75) is 39.7 Å². The van der Waals surface area contributed by atoms with Gasteiger partial charge < -0.3 is 19.2 Å². The minimum atomic E-state index is -0.551. The minimum absolute atomic E-state index is 0.0126. The quantitative estimate of drug-likeness (QED) is 0.609. The van der Waals surface area contributed by atoms with E-state index in [1.807, 2.05) is 26.0 Å². The molecule has 160 valence electrons. The summed E-state index contributed by atoms with van der Waals surface area (Å²) >= 11 is 0. The summed E-state index contributed by atoms with van der Waals surface area (Å²) in [5.74, 6) is 1.10. The van der Waals surface area contributed by atoms with Gasteiger partial charge in [-0.3, -0.25) is 14.4 Å². The van der Waals surface area contributed by atoms with Crippen LogP contribution in [0.1, 0.15) is 58.4 Å². The van der Waals surface area contributed by atoms with Gasteiger partial charge in [-0.15, -0.1) is 6.58 Å². The van der Waals surface area contributed by atoms with E-state index >= 15 is 0 Å².